The van der Waals surface area contributed by atoms with Gasteiger partial charge in [-0.25, -0.2) is 0 Å². The van der Waals surface area contributed by atoms with Crippen molar-refractivity contribution < 1.29 is 16.3 Å². The Morgan fingerprint density at radius 2 is 1.71 bits per heavy atom. The van der Waals surface area contributed by atoms with Crippen LogP contribution in [0.15, 0.2) is 54.5 Å². The summed E-state index contributed by atoms with van der Waals surface area (Å²) in [6.45, 7) is 0.997. The monoisotopic (exact) mass is 290 g/mol. The van der Waals surface area contributed by atoms with Crippen molar-refractivity contribution >= 4 is 0 Å². The summed E-state index contributed by atoms with van der Waals surface area (Å²) in [5.41, 5.74) is 0.836. The van der Waals surface area contributed by atoms with Gasteiger partial charge in [0.05, 0.1) is 20.6 Å². The lowest BCUT2D eigenvalue weighted by molar-refractivity contribution is 0.0687. The summed E-state index contributed by atoms with van der Waals surface area (Å²) in [5, 5.41) is 0. The molecule has 112 valence electrons. The van der Waals surface area contributed by atoms with E-state index in [1.165, 1.54) is 0 Å². The average Bonchev–Trinajstić information content (AvgIpc) is 2.63. The quantitative estimate of drug-likeness (QED) is 0.780. The van der Waals surface area contributed by atoms with E-state index in [4.69, 9.17) is 16.3 Å². The molecule has 0 heterocycles. The molecular weight excluding hydrogens is 262 g/mol. The van der Waals surface area contributed by atoms with E-state index < -0.39 is 12.1 Å². The van der Waals surface area contributed by atoms with E-state index in [-0.39, 0.29) is 29.7 Å². The molecule has 0 aromatic heterocycles. The Kier molecular flexibility index (Phi) is 3.71. The molecule has 0 aliphatic heterocycles. The molecule has 0 radical (unpaired) electrons. The third kappa shape index (κ3) is 4.59. The van der Waals surface area contributed by atoms with Gasteiger partial charge in [-0.15, -0.1) is 0 Å². The lowest BCUT2D eigenvalue weighted by Crippen LogP contribution is -2.20. The second-order valence-corrected chi connectivity index (χ2v) is 4.87. The fourth-order valence-corrected chi connectivity index (χ4v) is 1.87. The van der Waals surface area contributed by atoms with Gasteiger partial charge in [0, 0.05) is 6.54 Å². The smallest absolute Gasteiger partial charge is 0.118 e. The maximum Gasteiger partial charge on any atom is 0.118 e. The molecule has 0 aliphatic carbocycles. The van der Waals surface area contributed by atoms with Crippen molar-refractivity contribution in [3.8, 4) is 5.75 Å². The number of ether oxygens (including phenoxy) is 2. The first-order valence-corrected chi connectivity index (χ1v) is 6.75. The van der Waals surface area contributed by atoms with E-state index in [9.17, 15) is 0 Å². The number of rotatable bonds is 7. The maximum absolute atomic E-state index is 8.23. The first kappa shape index (κ1) is 9.98. The van der Waals surface area contributed by atoms with Crippen LogP contribution >= 0.6 is 0 Å². The molecule has 0 bridgehead atoms. The Morgan fingerprint density at radius 1 is 1.05 bits per heavy atom. The van der Waals surface area contributed by atoms with Crippen molar-refractivity contribution in [2.75, 3.05) is 34.4 Å². The van der Waals surface area contributed by atoms with Crippen molar-refractivity contribution in [3.05, 3.63) is 65.6 Å². The van der Waals surface area contributed by atoms with Crippen molar-refractivity contribution in [3.63, 3.8) is 0 Å². The first-order valence-electron chi connectivity index (χ1n) is 9.25. The van der Waals surface area contributed by atoms with Gasteiger partial charge >= 0.3 is 0 Å². The molecule has 2 aromatic rings. The summed E-state index contributed by atoms with van der Waals surface area (Å²) < 4.78 is 51.2. The van der Waals surface area contributed by atoms with Gasteiger partial charge in [0.15, 0.2) is 0 Å². The van der Waals surface area contributed by atoms with Gasteiger partial charge in [-0.2, -0.15) is 0 Å². The summed E-state index contributed by atoms with van der Waals surface area (Å²) in [6.07, 6.45) is -0.769. The Bertz CT molecular complexity index is 736. The van der Waals surface area contributed by atoms with Crippen LogP contribution in [-0.2, 0) is 4.74 Å². The predicted octanol–water partition coefficient (Wildman–Crippen LogP) is 3.36. The normalized spacial score (nSPS) is 15.7. The van der Waals surface area contributed by atoms with Gasteiger partial charge in [0.1, 0.15) is 11.9 Å². The van der Waals surface area contributed by atoms with Gasteiger partial charge in [0.25, 0.3) is 0 Å². The van der Waals surface area contributed by atoms with Gasteiger partial charge in [-0.1, -0.05) is 42.3 Å². The van der Waals surface area contributed by atoms with Crippen molar-refractivity contribution in [1.82, 2.24) is 4.90 Å². The van der Waals surface area contributed by atoms with Gasteiger partial charge in [-0.05, 0) is 37.4 Å². The highest BCUT2D eigenvalue weighted by Crippen LogP contribution is 2.27. The molecule has 21 heavy (non-hydrogen) atoms. The topological polar surface area (TPSA) is 21.7 Å². The molecule has 2 rings (SSSR count). The molecule has 1 unspecified atom stereocenters. The van der Waals surface area contributed by atoms with Crippen LogP contribution in [0.25, 0.3) is 0 Å². The summed E-state index contributed by atoms with van der Waals surface area (Å²) in [5.74, 6) is 0.668. The van der Waals surface area contributed by atoms with Crippen LogP contribution in [-0.4, -0.2) is 39.3 Å². The molecule has 0 saturated heterocycles. The number of likely N-dealkylation sites (N-methyl/N-ethyl adjacent to an activating group) is 1. The van der Waals surface area contributed by atoms with Gasteiger partial charge in [0.2, 0.25) is 0 Å². The largest absolute Gasteiger partial charge is 0.497 e. The molecule has 0 N–H and O–H groups in total. The van der Waals surface area contributed by atoms with Crippen LogP contribution in [0.2, 0.25) is 0 Å². The zero-order chi connectivity index (χ0) is 19.4. The SMILES string of the molecule is [2H]c1c([2H])c([2H])c(C(OCCN(C)C)c2ccc(OC)cc2)c([2H])c1[2H]. The third-order valence-corrected chi connectivity index (χ3v) is 3.02. The van der Waals surface area contributed by atoms with Crippen molar-refractivity contribution in [1.29, 1.82) is 0 Å². The zero-order valence-electron chi connectivity index (χ0n) is 17.6. The van der Waals surface area contributed by atoms with E-state index in [0.717, 1.165) is 0 Å². The Hall–Kier alpha value is -1.84. The van der Waals surface area contributed by atoms with Crippen LogP contribution in [0.3, 0.4) is 0 Å². The number of hydrogen-bond acceptors (Lipinski definition) is 3. The summed E-state index contributed by atoms with van der Waals surface area (Å²) in [7, 11) is 5.39. The van der Waals surface area contributed by atoms with Crippen LogP contribution in [0.1, 0.15) is 24.1 Å². The standard InChI is InChI=1S/C18H23NO2/c1-19(2)13-14-21-18(15-7-5-4-6-8-15)16-9-11-17(20-3)12-10-16/h4-12,18H,13-14H2,1-3H3/i4D,5D,6D,7D,8D. The fourth-order valence-electron chi connectivity index (χ4n) is 1.87. The van der Waals surface area contributed by atoms with E-state index in [0.29, 0.717) is 24.5 Å². The summed E-state index contributed by atoms with van der Waals surface area (Å²) in [6, 6.07) is 5.43. The van der Waals surface area contributed by atoms with E-state index in [1.807, 2.05) is 19.0 Å². The molecule has 1 atom stereocenters. The molecule has 3 nitrogen and oxygen atoms in total. The summed E-state index contributed by atoms with van der Waals surface area (Å²) in [4.78, 5) is 1.95. The Labute approximate surface area is 134 Å². The minimum atomic E-state index is -0.769. The Morgan fingerprint density at radius 3 is 2.29 bits per heavy atom. The highest BCUT2D eigenvalue weighted by molar-refractivity contribution is 5.34. The van der Waals surface area contributed by atoms with Crippen LogP contribution in [0, 0.1) is 0 Å². The number of benzene rings is 2. The first-order chi connectivity index (χ1) is 12.3. The predicted molar refractivity (Wildman–Crippen MR) is 85.8 cm³/mol. The highest BCUT2D eigenvalue weighted by atomic mass is 16.5. The summed E-state index contributed by atoms with van der Waals surface area (Å²) >= 11 is 0. The van der Waals surface area contributed by atoms with Crippen LogP contribution < -0.4 is 4.74 Å². The molecule has 0 fully saturated rings. The molecule has 0 amide bonds. The van der Waals surface area contributed by atoms with Crippen LogP contribution in [0.4, 0.5) is 0 Å². The third-order valence-electron chi connectivity index (χ3n) is 3.02. The fraction of sp³-hybridized carbons (Fsp3) is 0.333. The number of methoxy groups -OCH3 is 1. The van der Waals surface area contributed by atoms with E-state index in [2.05, 4.69) is 0 Å². The molecule has 0 aliphatic rings. The maximum atomic E-state index is 8.23. The number of nitrogens with zero attached hydrogens (tertiary/aromatic N) is 1. The van der Waals surface area contributed by atoms with Crippen LogP contribution in [0.5, 0.6) is 5.75 Å². The molecule has 2 aromatic carbocycles. The minimum Gasteiger partial charge on any atom is -0.497 e. The average molecular weight is 290 g/mol. The lowest BCUT2D eigenvalue weighted by atomic mass is 10.0. The number of hydrogen-bond donors (Lipinski definition) is 0. The Balaban J connectivity index is 2.53. The van der Waals surface area contributed by atoms with E-state index in [1.54, 1.807) is 31.4 Å². The van der Waals surface area contributed by atoms with Gasteiger partial charge in [-0.3, -0.25) is 0 Å². The molecule has 3 heteroatoms. The van der Waals surface area contributed by atoms with Crippen molar-refractivity contribution in [2.24, 2.45) is 0 Å². The molecule has 0 spiro atoms. The van der Waals surface area contributed by atoms with Gasteiger partial charge < -0.3 is 14.4 Å². The van der Waals surface area contributed by atoms with E-state index >= 15 is 0 Å². The zero-order valence-corrected chi connectivity index (χ0v) is 12.6. The second-order valence-electron chi connectivity index (χ2n) is 4.87. The highest BCUT2D eigenvalue weighted by Gasteiger charge is 2.14. The molecular formula is C18H23NO2. The minimum absolute atomic E-state index is 0.139. The molecule has 0 saturated carbocycles. The lowest BCUT2D eigenvalue weighted by Gasteiger charge is -2.20. The van der Waals surface area contributed by atoms with Crippen molar-refractivity contribution in [2.45, 2.75) is 6.10 Å². The second kappa shape index (κ2) is 7.81.